The molecule has 7 heteroatoms. The van der Waals surface area contributed by atoms with Gasteiger partial charge in [0.1, 0.15) is 5.15 Å². The van der Waals surface area contributed by atoms with E-state index in [4.69, 9.17) is 27.9 Å². The summed E-state index contributed by atoms with van der Waals surface area (Å²) in [4.78, 5) is 29.7. The summed E-state index contributed by atoms with van der Waals surface area (Å²) in [7, 11) is 0. The Morgan fingerprint density at radius 2 is 2.18 bits per heavy atom. The molecule has 2 heterocycles. The Bertz CT molecular complexity index is 566. The van der Waals surface area contributed by atoms with Gasteiger partial charge in [-0.05, 0) is 31.7 Å². The van der Waals surface area contributed by atoms with E-state index >= 15 is 0 Å². The highest BCUT2D eigenvalue weighted by molar-refractivity contribution is 6.41. The van der Waals surface area contributed by atoms with Crippen molar-refractivity contribution >= 4 is 35.1 Å². The van der Waals surface area contributed by atoms with Crippen LogP contribution >= 0.6 is 23.2 Å². The van der Waals surface area contributed by atoms with Crippen LogP contribution in [0.2, 0.25) is 10.2 Å². The molecule has 0 radical (unpaired) electrons. The number of ether oxygens (including phenoxy) is 1. The summed E-state index contributed by atoms with van der Waals surface area (Å²) < 4.78 is 5.06. The standard InChI is InChI=1S/C15H18Cl2N2O3/c1-2-11-5-3-4-6-19(11)13(20)9-22-15(21)10-7-12(16)14(17)18-8-10/h7-8,11H,2-6,9H2,1H3/t11-/m1/s1. The fraction of sp³-hybridized carbons (Fsp3) is 0.533. The van der Waals surface area contributed by atoms with Crippen molar-refractivity contribution in [3.8, 4) is 0 Å². The molecule has 0 unspecified atom stereocenters. The molecule has 1 aliphatic rings. The van der Waals surface area contributed by atoms with Crippen molar-refractivity contribution in [2.24, 2.45) is 0 Å². The fourth-order valence-corrected chi connectivity index (χ4v) is 2.85. The maximum Gasteiger partial charge on any atom is 0.340 e. The molecular formula is C15H18Cl2N2O3. The van der Waals surface area contributed by atoms with Crippen LogP contribution in [0, 0.1) is 0 Å². The number of likely N-dealkylation sites (tertiary alicyclic amines) is 1. The highest BCUT2D eigenvalue weighted by atomic mass is 35.5. The first-order valence-electron chi connectivity index (χ1n) is 7.30. The Morgan fingerprint density at radius 3 is 2.86 bits per heavy atom. The molecule has 1 aromatic rings. The van der Waals surface area contributed by atoms with Gasteiger partial charge in [-0.3, -0.25) is 4.79 Å². The topological polar surface area (TPSA) is 59.5 Å². The molecule has 22 heavy (non-hydrogen) atoms. The zero-order valence-electron chi connectivity index (χ0n) is 12.3. The minimum Gasteiger partial charge on any atom is -0.452 e. The van der Waals surface area contributed by atoms with Crippen LogP contribution in [-0.2, 0) is 9.53 Å². The Balaban J connectivity index is 1.92. The predicted molar refractivity (Wildman–Crippen MR) is 84.2 cm³/mol. The second-order valence-electron chi connectivity index (χ2n) is 5.22. The molecule has 1 atom stereocenters. The third-order valence-electron chi connectivity index (χ3n) is 3.78. The number of hydrogen-bond acceptors (Lipinski definition) is 4. The minimum absolute atomic E-state index is 0.119. The Hall–Kier alpha value is -1.33. The minimum atomic E-state index is -0.635. The molecule has 0 spiro atoms. The average Bonchev–Trinajstić information content (AvgIpc) is 2.54. The number of aromatic nitrogens is 1. The molecule has 0 aliphatic carbocycles. The van der Waals surface area contributed by atoms with E-state index < -0.39 is 5.97 Å². The van der Waals surface area contributed by atoms with Crippen LogP contribution < -0.4 is 0 Å². The van der Waals surface area contributed by atoms with Gasteiger partial charge in [-0.2, -0.15) is 0 Å². The van der Waals surface area contributed by atoms with Crippen LogP contribution in [0.15, 0.2) is 12.3 Å². The lowest BCUT2D eigenvalue weighted by Gasteiger charge is -2.35. The highest BCUT2D eigenvalue weighted by Crippen LogP contribution is 2.21. The number of halogens is 2. The van der Waals surface area contributed by atoms with Crippen LogP contribution in [-0.4, -0.2) is 41.0 Å². The van der Waals surface area contributed by atoms with Gasteiger partial charge in [-0.25, -0.2) is 9.78 Å². The number of carbonyl (C=O) groups is 2. The van der Waals surface area contributed by atoms with Crippen molar-refractivity contribution in [3.05, 3.63) is 28.0 Å². The largest absolute Gasteiger partial charge is 0.452 e. The summed E-state index contributed by atoms with van der Waals surface area (Å²) in [6.45, 7) is 2.52. The van der Waals surface area contributed by atoms with Crippen molar-refractivity contribution in [2.45, 2.75) is 38.6 Å². The first kappa shape index (κ1) is 17.0. The summed E-state index contributed by atoms with van der Waals surface area (Å²) in [6.07, 6.45) is 5.32. The average molecular weight is 345 g/mol. The molecule has 1 aliphatic heterocycles. The number of nitrogens with zero attached hydrogens (tertiary/aromatic N) is 2. The van der Waals surface area contributed by atoms with Crippen LogP contribution in [0.25, 0.3) is 0 Å². The van der Waals surface area contributed by atoms with Gasteiger partial charge in [0.15, 0.2) is 6.61 Å². The molecule has 0 aromatic carbocycles. The Morgan fingerprint density at radius 1 is 1.41 bits per heavy atom. The lowest BCUT2D eigenvalue weighted by Crippen LogP contribution is -2.45. The van der Waals surface area contributed by atoms with Crippen LogP contribution in [0.5, 0.6) is 0 Å². The third-order valence-corrected chi connectivity index (χ3v) is 4.46. The van der Waals surface area contributed by atoms with Crippen LogP contribution in [0.4, 0.5) is 0 Å². The number of rotatable bonds is 4. The normalized spacial score (nSPS) is 18.1. The Kier molecular flexibility index (Phi) is 6.03. The second-order valence-corrected chi connectivity index (χ2v) is 5.98. The predicted octanol–water partition coefficient (Wildman–Crippen LogP) is 3.34. The summed E-state index contributed by atoms with van der Waals surface area (Å²) in [5, 5.41) is 0.290. The van der Waals surface area contributed by atoms with Gasteiger partial charge >= 0.3 is 5.97 Å². The number of esters is 1. The SMILES string of the molecule is CC[C@@H]1CCCCN1C(=O)COC(=O)c1cnc(Cl)c(Cl)c1. The van der Waals surface area contributed by atoms with Crippen molar-refractivity contribution in [3.63, 3.8) is 0 Å². The van der Waals surface area contributed by atoms with Crippen molar-refractivity contribution < 1.29 is 14.3 Å². The first-order valence-corrected chi connectivity index (χ1v) is 8.06. The number of pyridine rings is 1. The maximum absolute atomic E-state index is 12.2. The molecule has 0 N–H and O–H groups in total. The van der Waals surface area contributed by atoms with Crippen LogP contribution in [0.3, 0.4) is 0 Å². The molecule has 1 aromatic heterocycles. The number of amides is 1. The van der Waals surface area contributed by atoms with Gasteiger partial charge in [-0.15, -0.1) is 0 Å². The van der Waals surface area contributed by atoms with E-state index in [1.165, 1.54) is 12.3 Å². The molecule has 1 amide bonds. The summed E-state index contributed by atoms with van der Waals surface area (Å²) >= 11 is 11.5. The molecule has 5 nitrogen and oxygen atoms in total. The molecule has 0 bridgehead atoms. The molecule has 1 saturated heterocycles. The number of hydrogen-bond donors (Lipinski definition) is 0. The van der Waals surface area contributed by atoms with E-state index in [-0.39, 0.29) is 34.3 Å². The van der Waals surface area contributed by atoms with Crippen molar-refractivity contribution in [1.82, 2.24) is 9.88 Å². The zero-order valence-corrected chi connectivity index (χ0v) is 13.9. The van der Waals surface area contributed by atoms with E-state index in [1.807, 2.05) is 4.90 Å². The molecular weight excluding hydrogens is 327 g/mol. The van der Waals surface area contributed by atoms with E-state index in [9.17, 15) is 9.59 Å². The van der Waals surface area contributed by atoms with Gasteiger partial charge in [0.25, 0.3) is 5.91 Å². The fourth-order valence-electron chi connectivity index (χ4n) is 2.58. The third kappa shape index (κ3) is 4.11. The number of piperidine rings is 1. The van der Waals surface area contributed by atoms with E-state index in [1.54, 1.807) is 0 Å². The van der Waals surface area contributed by atoms with E-state index in [0.717, 1.165) is 32.2 Å². The van der Waals surface area contributed by atoms with Gasteiger partial charge in [0.05, 0.1) is 10.6 Å². The van der Waals surface area contributed by atoms with Gasteiger partial charge in [-0.1, -0.05) is 30.1 Å². The molecule has 1 fully saturated rings. The quantitative estimate of drug-likeness (QED) is 0.620. The van der Waals surface area contributed by atoms with Crippen molar-refractivity contribution in [2.75, 3.05) is 13.2 Å². The molecule has 120 valence electrons. The first-order chi connectivity index (χ1) is 10.5. The van der Waals surface area contributed by atoms with Gasteiger partial charge < -0.3 is 9.64 Å². The van der Waals surface area contributed by atoms with Gasteiger partial charge in [0, 0.05) is 18.8 Å². The molecule has 2 rings (SSSR count). The van der Waals surface area contributed by atoms with Crippen LogP contribution in [0.1, 0.15) is 43.0 Å². The van der Waals surface area contributed by atoms with E-state index in [2.05, 4.69) is 11.9 Å². The lowest BCUT2D eigenvalue weighted by atomic mass is 10.00. The monoisotopic (exact) mass is 344 g/mol. The lowest BCUT2D eigenvalue weighted by molar-refractivity contribution is -0.138. The second kappa shape index (κ2) is 7.79. The number of carbonyl (C=O) groups excluding carboxylic acids is 2. The Labute approximate surface area is 139 Å². The molecule has 0 saturated carbocycles. The van der Waals surface area contributed by atoms with Gasteiger partial charge in [0.2, 0.25) is 0 Å². The maximum atomic E-state index is 12.2. The zero-order chi connectivity index (χ0) is 16.1. The summed E-state index contributed by atoms with van der Waals surface area (Å²) in [6, 6.07) is 1.62. The van der Waals surface area contributed by atoms with Crippen molar-refractivity contribution in [1.29, 1.82) is 0 Å². The highest BCUT2D eigenvalue weighted by Gasteiger charge is 2.26. The van der Waals surface area contributed by atoms with E-state index in [0.29, 0.717) is 0 Å². The smallest absolute Gasteiger partial charge is 0.340 e. The summed E-state index contributed by atoms with van der Waals surface area (Å²) in [5.74, 6) is -0.794. The summed E-state index contributed by atoms with van der Waals surface area (Å²) in [5.41, 5.74) is 0.174.